The van der Waals surface area contributed by atoms with Crippen LogP contribution in [0.5, 0.6) is 0 Å². The summed E-state index contributed by atoms with van der Waals surface area (Å²) in [5.41, 5.74) is 12.1. The first-order valence-corrected chi connectivity index (χ1v) is 7.80. The van der Waals surface area contributed by atoms with Crippen molar-refractivity contribution < 1.29 is 0 Å². The molecule has 4 heteroatoms. The number of hydrogen-bond acceptors (Lipinski definition) is 3. The molecular weight excluding hydrogens is 338 g/mol. The Hall–Kier alpha value is -2.20. The van der Waals surface area contributed by atoms with Crippen LogP contribution < -0.4 is 5.73 Å². The Bertz CT molecular complexity index is 843. The molecule has 110 valence electrons. The number of aromatic nitrogens is 2. The molecule has 0 saturated carbocycles. The molecule has 3 nitrogen and oxygen atoms in total. The lowest BCUT2D eigenvalue weighted by molar-refractivity contribution is 1.19. The van der Waals surface area contributed by atoms with Crippen molar-refractivity contribution >= 4 is 21.9 Å². The Kier molecular flexibility index (Phi) is 3.94. The van der Waals surface area contributed by atoms with Gasteiger partial charge in [0.1, 0.15) is 0 Å². The maximum atomic E-state index is 5.91. The molecule has 0 radical (unpaired) electrons. The number of nitrogens with zero attached hydrogens (tertiary/aromatic N) is 2. The number of rotatable bonds is 2. The molecule has 0 fully saturated rings. The number of hydrogen-bond donors (Lipinski definition) is 1. The normalized spacial score (nSPS) is 10.7. The Morgan fingerprint density at radius 2 is 1.50 bits per heavy atom. The summed E-state index contributed by atoms with van der Waals surface area (Å²) >= 11 is 3.48. The molecular formula is C18H16BrN3. The molecule has 1 aromatic heterocycles. The summed E-state index contributed by atoms with van der Waals surface area (Å²) in [6, 6.07) is 16.3. The van der Waals surface area contributed by atoms with Crippen LogP contribution in [-0.2, 0) is 0 Å². The fourth-order valence-electron chi connectivity index (χ4n) is 2.31. The van der Waals surface area contributed by atoms with Gasteiger partial charge in [-0.2, -0.15) is 0 Å². The number of halogens is 1. The van der Waals surface area contributed by atoms with Crippen molar-refractivity contribution in [2.24, 2.45) is 0 Å². The third-order valence-electron chi connectivity index (χ3n) is 3.67. The lowest BCUT2D eigenvalue weighted by Crippen LogP contribution is -1.99. The molecule has 0 spiro atoms. The van der Waals surface area contributed by atoms with Crippen molar-refractivity contribution in [2.75, 3.05) is 5.73 Å². The third kappa shape index (κ3) is 3.02. The SMILES string of the molecule is Cc1ccc(-c2cc(-c3cccc(Br)c3)nc(N)n2)cc1C. The van der Waals surface area contributed by atoms with Crippen LogP contribution in [0, 0.1) is 13.8 Å². The zero-order valence-electron chi connectivity index (χ0n) is 12.5. The minimum Gasteiger partial charge on any atom is -0.368 e. The minimum atomic E-state index is 0.283. The molecule has 0 atom stereocenters. The van der Waals surface area contributed by atoms with Gasteiger partial charge in [0.25, 0.3) is 0 Å². The van der Waals surface area contributed by atoms with Gasteiger partial charge in [-0.3, -0.25) is 0 Å². The molecule has 0 saturated heterocycles. The van der Waals surface area contributed by atoms with Crippen LogP contribution in [0.1, 0.15) is 11.1 Å². The summed E-state index contributed by atoms with van der Waals surface area (Å²) in [6.45, 7) is 4.19. The molecule has 0 bridgehead atoms. The molecule has 3 aromatic rings. The van der Waals surface area contributed by atoms with Crippen LogP contribution >= 0.6 is 15.9 Å². The standard InChI is InChI=1S/C18H16BrN3/c1-11-6-7-14(8-12(11)2)17-10-16(21-18(20)22-17)13-4-3-5-15(19)9-13/h3-10H,1-2H3,(H2,20,21,22). The average molecular weight is 354 g/mol. The van der Waals surface area contributed by atoms with Gasteiger partial charge in [0.05, 0.1) is 11.4 Å². The summed E-state index contributed by atoms with van der Waals surface area (Å²) in [5, 5.41) is 0. The highest BCUT2D eigenvalue weighted by Crippen LogP contribution is 2.27. The van der Waals surface area contributed by atoms with E-state index in [4.69, 9.17) is 5.73 Å². The molecule has 0 aliphatic heterocycles. The van der Waals surface area contributed by atoms with Crippen molar-refractivity contribution in [3.63, 3.8) is 0 Å². The molecule has 3 rings (SSSR count). The second kappa shape index (κ2) is 5.89. The van der Waals surface area contributed by atoms with Gasteiger partial charge in [-0.15, -0.1) is 0 Å². The van der Waals surface area contributed by atoms with Gasteiger partial charge in [0, 0.05) is 15.6 Å². The predicted octanol–water partition coefficient (Wildman–Crippen LogP) is 4.77. The first kappa shape index (κ1) is 14.7. The van der Waals surface area contributed by atoms with E-state index in [1.807, 2.05) is 30.3 Å². The van der Waals surface area contributed by atoms with Crippen molar-refractivity contribution in [2.45, 2.75) is 13.8 Å². The van der Waals surface area contributed by atoms with E-state index in [2.05, 4.69) is 57.9 Å². The van der Waals surface area contributed by atoms with Gasteiger partial charge in [-0.05, 0) is 49.2 Å². The average Bonchev–Trinajstić information content (AvgIpc) is 2.49. The monoisotopic (exact) mass is 353 g/mol. The summed E-state index contributed by atoms with van der Waals surface area (Å²) in [4.78, 5) is 8.73. The maximum absolute atomic E-state index is 5.91. The zero-order chi connectivity index (χ0) is 15.7. The summed E-state index contributed by atoms with van der Waals surface area (Å²) < 4.78 is 1.01. The Balaban J connectivity index is 2.12. The van der Waals surface area contributed by atoms with Gasteiger partial charge < -0.3 is 5.73 Å². The first-order chi connectivity index (χ1) is 10.5. The van der Waals surface area contributed by atoms with Crippen molar-refractivity contribution in [3.8, 4) is 22.5 Å². The summed E-state index contributed by atoms with van der Waals surface area (Å²) in [6.07, 6.45) is 0. The summed E-state index contributed by atoms with van der Waals surface area (Å²) in [7, 11) is 0. The van der Waals surface area contributed by atoms with E-state index < -0.39 is 0 Å². The highest BCUT2D eigenvalue weighted by Gasteiger charge is 2.08. The third-order valence-corrected chi connectivity index (χ3v) is 4.16. The van der Waals surface area contributed by atoms with Crippen LogP contribution in [-0.4, -0.2) is 9.97 Å². The highest BCUT2D eigenvalue weighted by molar-refractivity contribution is 9.10. The molecule has 2 aromatic carbocycles. The van der Waals surface area contributed by atoms with Crippen LogP contribution in [0.3, 0.4) is 0 Å². The van der Waals surface area contributed by atoms with Crippen molar-refractivity contribution in [1.82, 2.24) is 9.97 Å². The van der Waals surface area contributed by atoms with Crippen LogP contribution in [0.15, 0.2) is 53.0 Å². The van der Waals surface area contributed by atoms with Crippen LogP contribution in [0.25, 0.3) is 22.5 Å². The number of benzene rings is 2. The van der Waals surface area contributed by atoms with Gasteiger partial charge in [-0.25, -0.2) is 9.97 Å². The van der Waals surface area contributed by atoms with E-state index in [9.17, 15) is 0 Å². The van der Waals surface area contributed by atoms with Gasteiger partial charge >= 0.3 is 0 Å². The lowest BCUT2D eigenvalue weighted by Gasteiger charge is -2.08. The quantitative estimate of drug-likeness (QED) is 0.721. The Morgan fingerprint density at radius 1 is 0.818 bits per heavy atom. The maximum Gasteiger partial charge on any atom is 0.221 e. The molecule has 0 aliphatic carbocycles. The number of aryl methyl sites for hydroxylation is 2. The lowest BCUT2D eigenvalue weighted by atomic mass is 10.0. The van der Waals surface area contributed by atoms with E-state index in [-0.39, 0.29) is 5.95 Å². The van der Waals surface area contributed by atoms with Crippen molar-refractivity contribution in [1.29, 1.82) is 0 Å². The fraction of sp³-hybridized carbons (Fsp3) is 0.111. The van der Waals surface area contributed by atoms with Crippen LogP contribution in [0.2, 0.25) is 0 Å². The van der Waals surface area contributed by atoms with E-state index in [1.165, 1.54) is 11.1 Å². The highest BCUT2D eigenvalue weighted by atomic mass is 79.9. The predicted molar refractivity (Wildman–Crippen MR) is 94.5 cm³/mol. The number of nitrogen functional groups attached to an aromatic ring is 1. The van der Waals surface area contributed by atoms with Crippen molar-refractivity contribution in [3.05, 3.63) is 64.1 Å². The largest absolute Gasteiger partial charge is 0.368 e. The number of nitrogens with two attached hydrogens (primary N) is 1. The van der Waals surface area contributed by atoms with E-state index in [0.29, 0.717) is 0 Å². The second-order valence-corrected chi connectivity index (χ2v) is 6.22. The van der Waals surface area contributed by atoms with Gasteiger partial charge in [0.15, 0.2) is 0 Å². The topological polar surface area (TPSA) is 51.8 Å². The molecule has 0 amide bonds. The van der Waals surface area contributed by atoms with E-state index in [0.717, 1.165) is 27.0 Å². The molecule has 0 aliphatic rings. The fourth-order valence-corrected chi connectivity index (χ4v) is 2.71. The van der Waals surface area contributed by atoms with Crippen LogP contribution in [0.4, 0.5) is 5.95 Å². The van der Waals surface area contributed by atoms with E-state index in [1.54, 1.807) is 0 Å². The van der Waals surface area contributed by atoms with Gasteiger partial charge in [-0.1, -0.05) is 40.2 Å². The van der Waals surface area contributed by atoms with Gasteiger partial charge in [0.2, 0.25) is 5.95 Å². The molecule has 1 heterocycles. The smallest absolute Gasteiger partial charge is 0.221 e. The second-order valence-electron chi connectivity index (χ2n) is 5.31. The Labute approximate surface area is 138 Å². The molecule has 22 heavy (non-hydrogen) atoms. The van der Waals surface area contributed by atoms with E-state index >= 15 is 0 Å². The minimum absolute atomic E-state index is 0.283. The first-order valence-electron chi connectivity index (χ1n) is 7.01. The Morgan fingerprint density at radius 3 is 2.14 bits per heavy atom. The summed E-state index contributed by atoms with van der Waals surface area (Å²) in [5.74, 6) is 0.283. The molecule has 2 N–H and O–H groups in total. The zero-order valence-corrected chi connectivity index (χ0v) is 14.1. The molecule has 0 unspecified atom stereocenters. The number of anilines is 1.